The van der Waals surface area contributed by atoms with E-state index in [1.165, 1.54) is 6.07 Å². The van der Waals surface area contributed by atoms with Crippen molar-refractivity contribution < 1.29 is 17.9 Å². The van der Waals surface area contributed by atoms with E-state index < -0.39 is 10.0 Å². The highest BCUT2D eigenvalue weighted by molar-refractivity contribution is 7.89. The molecule has 0 aliphatic carbocycles. The van der Waals surface area contributed by atoms with Crippen molar-refractivity contribution in [3.8, 4) is 5.75 Å². The van der Waals surface area contributed by atoms with Gasteiger partial charge in [-0.25, -0.2) is 13.1 Å². The molecular weight excluding hydrogens is 266 g/mol. The van der Waals surface area contributed by atoms with Crippen molar-refractivity contribution in [3.63, 3.8) is 0 Å². The van der Waals surface area contributed by atoms with Gasteiger partial charge in [-0.2, -0.15) is 0 Å². The maximum absolute atomic E-state index is 12.0. The molecule has 19 heavy (non-hydrogen) atoms. The lowest BCUT2D eigenvalue weighted by molar-refractivity contribution is 0.146. The molecule has 5 nitrogen and oxygen atoms in total. The number of ether oxygens (including phenoxy) is 2. The highest BCUT2D eigenvalue weighted by Gasteiger charge is 2.14. The molecule has 0 bridgehead atoms. The van der Waals surface area contributed by atoms with Gasteiger partial charge in [0.05, 0.1) is 12.0 Å². The Balaban J connectivity index is 2.64. The zero-order valence-electron chi connectivity index (χ0n) is 11.6. The normalized spacial score (nSPS) is 11.5. The third kappa shape index (κ3) is 4.81. The SMILES string of the molecule is CCOCCCNS(=O)(=O)c1ccc(OC)c(C)c1. The van der Waals surface area contributed by atoms with Gasteiger partial charge < -0.3 is 9.47 Å². The minimum Gasteiger partial charge on any atom is -0.496 e. The maximum Gasteiger partial charge on any atom is 0.240 e. The second-order valence-corrected chi connectivity index (χ2v) is 5.85. The van der Waals surface area contributed by atoms with E-state index in [2.05, 4.69) is 4.72 Å². The van der Waals surface area contributed by atoms with Gasteiger partial charge in [0.15, 0.2) is 0 Å². The molecule has 0 amide bonds. The summed E-state index contributed by atoms with van der Waals surface area (Å²) in [6, 6.07) is 4.80. The van der Waals surface area contributed by atoms with Crippen molar-refractivity contribution >= 4 is 10.0 Å². The van der Waals surface area contributed by atoms with Crippen LogP contribution in [-0.4, -0.2) is 35.3 Å². The second-order valence-electron chi connectivity index (χ2n) is 4.08. The zero-order chi connectivity index (χ0) is 14.3. The van der Waals surface area contributed by atoms with E-state index >= 15 is 0 Å². The lowest BCUT2D eigenvalue weighted by Gasteiger charge is -2.09. The smallest absolute Gasteiger partial charge is 0.240 e. The average Bonchev–Trinajstić information content (AvgIpc) is 2.38. The summed E-state index contributed by atoms with van der Waals surface area (Å²) in [5.74, 6) is 0.676. The van der Waals surface area contributed by atoms with Crippen molar-refractivity contribution in [1.29, 1.82) is 0 Å². The van der Waals surface area contributed by atoms with Crippen LogP contribution >= 0.6 is 0 Å². The number of sulfonamides is 1. The van der Waals surface area contributed by atoms with Crippen LogP contribution in [0.4, 0.5) is 0 Å². The Bertz CT molecular complexity index is 499. The van der Waals surface area contributed by atoms with Gasteiger partial charge in [-0.05, 0) is 44.0 Å². The van der Waals surface area contributed by atoms with Crippen LogP contribution in [0.15, 0.2) is 23.1 Å². The predicted octanol–water partition coefficient (Wildman–Crippen LogP) is 1.71. The fraction of sp³-hybridized carbons (Fsp3) is 0.538. The van der Waals surface area contributed by atoms with Crippen molar-refractivity contribution in [1.82, 2.24) is 4.72 Å². The summed E-state index contributed by atoms with van der Waals surface area (Å²) in [7, 11) is -1.90. The minimum atomic E-state index is -3.46. The summed E-state index contributed by atoms with van der Waals surface area (Å²) in [4.78, 5) is 0.252. The Morgan fingerprint density at radius 2 is 2.05 bits per heavy atom. The fourth-order valence-corrected chi connectivity index (χ4v) is 2.79. The van der Waals surface area contributed by atoms with Crippen LogP contribution in [0, 0.1) is 6.92 Å². The van der Waals surface area contributed by atoms with E-state index in [1.807, 2.05) is 13.8 Å². The van der Waals surface area contributed by atoms with Crippen LogP contribution in [0.1, 0.15) is 18.9 Å². The summed E-state index contributed by atoms with van der Waals surface area (Å²) in [6.45, 7) is 5.29. The third-order valence-corrected chi connectivity index (χ3v) is 4.10. The monoisotopic (exact) mass is 287 g/mol. The summed E-state index contributed by atoms with van der Waals surface area (Å²) >= 11 is 0. The zero-order valence-corrected chi connectivity index (χ0v) is 12.4. The molecule has 108 valence electrons. The standard InChI is InChI=1S/C13H21NO4S/c1-4-18-9-5-8-14-19(15,16)12-6-7-13(17-3)11(2)10-12/h6-7,10,14H,4-5,8-9H2,1-3H3. The molecule has 6 heteroatoms. The Morgan fingerprint density at radius 1 is 1.32 bits per heavy atom. The molecule has 0 atom stereocenters. The number of rotatable bonds is 8. The van der Waals surface area contributed by atoms with Gasteiger partial charge in [0.25, 0.3) is 0 Å². The molecule has 1 aromatic carbocycles. The van der Waals surface area contributed by atoms with E-state index in [-0.39, 0.29) is 4.90 Å². The first-order valence-corrected chi connectivity index (χ1v) is 7.71. The summed E-state index contributed by atoms with van der Waals surface area (Å²) < 4.78 is 36.9. The molecule has 0 spiro atoms. The largest absolute Gasteiger partial charge is 0.496 e. The number of nitrogens with one attached hydrogen (secondary N) is 1. The van der Waals surface area contributed by atoms with E-state index in [4.69, 9.17) is 9.47 Å². The number of aryl methyl sites for hydroxylation is 1. The first-order chi connectivity index (χ1) is 9.01. The highest BCUT2D eigenvalue weighted by Crippen LogP contribution is 2.21. The first-order valence-electron chi connectivity index (χ1n) is 6.23. The van der Waals surface area contributed by atoms with Crippen molar-refractivity contribution in [2.24, 2.45) is 0 Å². The molecule has 0 radical (unpaired) electrons. The maximum atomic E-state index is 12.0. The van der Waals surface area contributed by atoms with E-state index in [9.17, 15) is 8.42 Å². The molecule has 1 N–H and O–H groups in total. The molecule has 0 aromatic heterocycles. The van der Waals surface area contributed by atoms with Crippen molar-refractivity contribution in [2.45, 2.75) is 25.2 Å². The van der Waals surface area contributed by atoms with Gasteiger partial charge >= 0.3 is 0 Å². The van der Waals surface area contributed by atoms with Gasteiger partial charge in [-0.3, -0.25) is 0 Å². The number of methoxy groups -OCH3 is 1. The molecule has 0 heterocycles. The van der Waals surface area contributed by atoms with Gasteiger partial charge in [-0.15, -0.1) is 0 Å². The minimum absolute atomic E-state index is 0.252. The third-order valence-electron chi connectivity index (χ3n) is 2.64. The molecule has 0 saturated carbocycles. The van der Waals surface area contributed by atoms with Gasteiger partial charge in [-0.1, -0.05) is 0 Å². The van der Waals surface area contributed by atoms with Crippen molar-refractivity contribution in [3.05, 3.63) is 23.8 Å². The summed E-state index contributed by atoms with van der Waals surface area (Å²) in [5.41, 5.74) is 0.791. The Kier molecular flexibility index (Phi) is 6.27. The lowest BCUT2D eigenvalue weighted by atomic mass is 10.2. The number of benzene rings is 1. The number of hydrogen-bond donors (Lipinski definition) is 1. The molecule has 0 unspecified atom stereocenters. The van der Waals surface area contributed by atoms with Crippen LogP contribution in [0.25, 0.3) is 0 Å². The molecule has 0 fully saturated rings. The van der Waals surface area contributed by atoms with Crippen LogP contribution in [0.2, 0.25) is 0 Å². The molecule has 1 rings (SSSR count). The van der Waals surface area contributed by atoms with Gasteiger partial charge in [0.1, 0.15) is 5.75 Å². The molecule has 0 aliphatic rings. The van der Waals surface area contributed by atoms with E-state index in [1.54, 1.807) is 19.2 Å². The Morgan fingerprint density at radius 3 is 2.63 bits per heavy atom. The summed E-state index contributed by atoms with van der Waals surface area (Å²) in [6.07, 6.45) is 0.655. The quantitative estimate of drug-likeness (QED) is 0.739. The first kappa shape index (κ1) is 15.9. The van der Waals surface area contributed by atoms with Crippen LogP contribution < -0.4 is 9.46 Å². The molecule has 0 saturated heterocycles. The lowest BCUT2D eigenvalue weighted by Crippen LogP contribution is -2.25. The van der Waals surface area contributed by atoms with Crippen molar-refractivity contribution in [2.75, 3.05) is 26.9 Å². The Labute approximate surface area is 115 Å². The number of hydrogen-bond acceptors (Lipinski definition) is 4. The Hall–Kier alpha value is -1.11. The van der Waals surface area contributed by atoms with Crippen LogP contribution in [0.5, 0.6) is 5.75 Å². The predicted molar refractivity (Wildman–Crippen MR) is 74.0 cm³/mol. The average molecular weight is 287 g/mol. The summed E-state index contributed by atoms with van der Waals surface area (Å²) in [5, 5.41) is 0. The molecule has 0 aliphatic heterocycles. The topological polar surface area (TPSA) is 64.6 Å². The van der Waals surface area contributed by atoms with Gasteiger partial charge in [0, 0.05) is 19.8 Å². The molecule has 1 aromatic rings. The van der Waals surface area contributed by atoms with Crippen LogP contribution in [0.3, 0.4) is 0 Å². The van der Waals surface area contributed by atoms with Crippen LogP contribution in [-0.2, 0) is 14.8 Å². The molecular formula is C13H21NO4S. The van der Waals surface area contributed by atoms with Gasteiger partial charge in [0.2, 0.25) is 10.0 Å². The second kappa shape index (κ2) is 7.47. The van der Waals surface area contributed by atoms with E-state index in [0.717, 1.165) is 5.56 Å². The van der Waals surface area contributed by atoms with E-state index in [0.29, 0.717) is 31.9 Å². The fourth-order valence-electron chi connectivity index (χ4n) is 1.63. The highest BCUT2D eigenvalue weighted by atomic mass is 32.2.